The van der Waals surface area contributed by atoms with Crippen LogP contribution >= 0.6 is 23.2 Å². The maximum atomic E-state index is 12.0. The standard InChI is InChI=1S/C14H18Cl2N2O/c15-11-7-10(8-12(16)9-11)3-6-18-13(19)14(17)4-1-2-5-14/h7-9H,1-6,17H2,(H,18,19). The number of rotatable bonds is 4. The van der Waals surface area contributed by atoms with Crippen LogP contribution in [0.3, 0.4) is 0 Å². The molecule has 0 aromatic heterocycles. The number of hydrogen-bond acceptors (Lipinski definition) is 2. The van der Waals surface area contributed by atoms with Crippen LogP contribution in [0.15, 0.2) is 18.2 Å². The van der Waals surface area contributed by atoms with Crippen LogP contribution in [0.2, 0.25) is 10.0 Å². The number of nitrogens with two attached hydrogens (primary N) is 1. The molecule has 5 heteroatoms. The monoisotopic (exact) mass is 300 g/mol. The summed E-state index contributed by atoms with van der Waals surface area (Å²) in [6.07, 6.45) is 4.33. The molecular weight excluding hydrogens is 283 g/mol. The molecule has 2 rings (SSSR count). The van der Waals surface area contributed by atoms with Gasteiger partial charge in [-0.2, -0.15) is 0 Å². The van der Waals surface area contributed by atoms with Crippen molar-refractivity contribution >= 4 is 29.1 Å². The Morgan fingerprint density at radius 2 is 1.79 bits per heavy atom. The summed E-state index contributed by atoms with van der Waals surface area (Å²) in [5.41, 5.74) is 6.42. The molecule has 0 spiro atoms. The largest absolute Gasteiger partial charge is 0.354 e. The quantitative estimate of drug-likeness (QED) is 0.898. The van der Waals surface area contributed by atoms with E-state index < -0.39 is 5.54 Å². The zero-order valence-corrected chi connectivity index (χ0v) is 12.2. The van der Waals surface area contributed by atoms with Gasteiger partial charge in [-0.05, 0) is 43.0 Å². The minimum Gasteiger partial charge on any atom is -0.354 e. The van der Waals surface area contributed by atoms with Gasteiger partial charge in [0.05, 0.1) is 5.54 Å². The van der Waals surface area contributed by atoms with E-state index in [2.05, 4.69) is 5.32 Å². The first kappa shape index (κ1) is 14.6. The first-order valence-corrected chi connectivity index (χ1v) is 7.27. The number of carbonyl (C=O) groups is 1. The van der Waals surface area contributed by atoms with Crippen LogP contribution in [0.4, 0.5) is 0 Å². The highest BCUT2D eigenvalue weighted by atomic mass is 35.5. The highest BCUT2D eigenvalue weighted by molar-refractivity contribution is 6.34. The maximum Gasteiger partial charge on any atom is 0.240 e. The molecule has 1 amide bonds. The maximum absolute atomic E-state index is 12.0. The Labute approximate surface area is 123 Å². The molecule has 1 aliphatic rings. The summed E-state index contributed by atoms with van der Waals surface area (Å²) < 4.78 is 0. The Balaban J connectivity index is 1.84. The molecule has 3 nitrogen and oxygen atoms in total. The summed E-state index contributed by atoms with van der Waals surface area (Å²) in [6.45, 7) is 0.550. The summed E-state index contributed by atoms with van der Waals surface area (Å²) in [4.78, 5) is 12.0. The molecule has 3 N–H and O–H groups in total. The van der Waals surface area contributed by atoms with E-state index in [4.69, 9.17) is 28.9 Å². The Morgan fingerprint density at radius 3 is 2.37 bits per heavy atom. The number of hydrogen-bond donors (Lipinski definition) is 2. The van der Waals surface area contributed by atoms with Gasteiger partial charge in [-0.15, -0.1) is 0 Å². The first-order valence-electron chi connectivity index (χ1n) is 6.52. The number of carbonyl (C=O) groups excluding carboxylic acids is 1. The van der Waals surface area contributed by atoms with Gasteiger partial charge in [-0.3, -0.25) is 4.79 Å². The van der Waals surface area contributed by atoms with Crippen LogP contribution < -0.4 is 11.1 Å². The third kappa shape index (κ3) is 3.85. The molecule has 0 unspecified atom stereocenters. The number of halogens is 2. The normalized spacial score (nSPS) is 17.4. The second kappa shape index (κ2) is 6.12. The summed E-state index contributed by atoms with van der Waals surface area (Å²) in [5, 5.41) is 4.12. The third-order valence-electron chi connectivity index (χ3n) is 3.57. The Bertz CT molecular complexity index is 450. The molecule has 0 saturated heterocycles. The Morgan fingerprint density at radius 1 is 1.21 bits per heavy atom. The van der Waals surface area contributed by atoms with E-state index in [1.54, 1.807) is 6.07 Å². The smallest absolute Gasteiger partial charge is 0.240 e. The number of nitrogens with one attached hydrogen (secondary N) is 1. The fourth-order valence-electron chi connectivity index (χ4n) is 2.48. The molecule has 1 fully saturated rings. The van der Waals surface area contributed by atoms with Gasteiger partial charge in [0, 0.05) is 16.6 Å². The minimum atomic E-state index is -0.661. The van der Waals surface area contributed by atoms with Crippen molar-refractivity contribution in [2.75, 3.05) is 6.54 Å². The zero-order valence-electron chi connectivity index (χ0n) is 10.7. The molecule has 104 valence electrons. The summed E-state index contributed by atoms with van der Waals surface area (Å²) in [6, 6.07) is 5.40. The lowest BCUT2D eigenvalue weighted by Gasteiger charge is -2.22. The third-order valence-corrected chi connectivity index (χ3v) is 4.01. The highest BCUT2D eigenvalue weighted by Crippen LogP contribution is 2.27. The molecule has 1 aromatic rings. The minimum absolute atomic E-state index is 0.0434. The van der Waals surface area contributed by atoms with Gasteiger partial charge >= 0.3 is 0 Å². The van der Waals surface area contributed by atoms with Gasteiger partial charge in [0.2, 0.25) is 5.91 Å². The van der Waals surface area contributed by atoms with Crippen molar-refractivity contribution < 1.29 is 4.79 Å². The van der Waals surface area contributed by atoms with Crippen molar-refractivity contribution in [2.24, 2.45) is 5.73 Å². The van der Waals surface area contributed by atoms with Crippen LogP contribution in [0.25, 0.3) is 0 Å². The van der Waals surface area contributed by atoms with Crippen LogP contribution in [0.1, 0.15) is 31.2 Å². The van der Waals surface area contributed by atoms with Gasteiger partial charge in [0.1, 0.15) is 0 Å². The summed E-state index contributed by atoms with van der Waals surface area (Å²) in [5.74, 6) is -0.0434. The van der Waals surface area contributed by atoms with Gasteiger partial charge in [-0.25, -0.2) is 0 Å². The van der Waals surface area contributed by atoms with E-state index in [1.165, 1.54) is 0 Å². The average molecular weight is 301 g/mol. The molecule has 1 saturated carbocycles. The molecule has 1 aromatic carbocycles. The van der Waals surface area contributed by atoms with Crippen molar-refractivity contribution in [1.29, 1.82) is 0 Å². The predicted molar refractivity (Wildman–Crippen MR) is 78.6 cm³/mol. The lowest BCUT2D eigenvalue weighted by atomic mass is 9.98. The predicted octanol–water partition coefficient (Wildman–Crippen LogP) is 2.92. The molecule has 19 heavy (non-hydrogen) atoms. The lowest BCUT2D eigenvalue weighted by molar-refractivity contribution is -0.126. The van der Waals surface area contributed by atoms with Gasteiger partial charge in [-0.1, -0.05) is 36.0 Å². The van der Waals surface area contributed by atoms with Gasteiger partial charge in [0.25, 0.3) is 0 Å². The number of amides is 1. The van der Waals surface area contributed by atoms with E-state index in [0.717, 1.165) is 31.2 Å². The SMILES string of the molecule is NC1(C(=O)NCCc2cc(Cl)cc(Cl)c2)CCCC1. The van der Waals surface area contributed by atoms with E-state index in [9.17, 15) is 4.79 Å². The second-order valence-corrected chi connectivity index (χ2v) is 6.02. The van der Waals surface area contributed by atoms with E-state index in [-0.39, 0.29) is 5.91 Å². The first-order chi connectivity index (χ1) is 8.99. The average Bonchev–Trinajstić information content (AvgIpc) is 2.76. The zero-order chi connectivity index (χ0) is 13.9. The Hall–Kier alpha value is -0.770. The lowest BCUT2D eigenvalue weighted by Crippen LogP contribution is -2.52. The van der Waals surface area contributed by atoms with Crippen molar-refractivity contribution in [2.45, 2.75) is 37.6 Å². The molecule has 0 bridgehead atoms. The van der Waals surface area contributed by atoms with Gasteiger partial charge in [0.15, 0.2) is 0 Å². The van der Waals surface area contributed by atoms with Gasteiger partial charge < -0.3 is 11.1 Å². The molecule has 0 atom stereocenters. The molecule has 0 radical (unpaired) electrons. The topological polar surface area (TPSA) is 55.1 Å². The summed E-state index contributed by atoms with van der Waals surface area (Å²) >= 11 is 11.9. The van der Waals surface area contributed by atoms with Crippen molar-refractivity contribution in [3.63, 3.8) is 0 Å². The Kier molecular flexibility index (Phi) is 4.71. The molecule has 1 aliphatic carbocycles. The second-order valence-electron chi connectivity index (χ2n) is 5.15. The van der Waals surface area contributed by atoms with E-state index in [1.807, 2.05) is 12.1 Å². The van der Waals surface area contributed by atoms with Crippen molar-refractivity contribution in [1.82, 2.24) is 5.32 Å². The van der Waals surface area contributed by atoms with Crippen molar-refractivity contribution in [3.8, 4) is 0 Å². The highest BCUT2D eigenvalue weighted by Gasteiger charge is 2.36. The van der Waals surface area contributed by atoms with Crippen LogP contribution in [0.5, 0.6) is 0 Å². The van der Waals surface area contributed by atoms with E-state index >= 15 is 0 Å². The van der Waals surface area contributed by atoms with Crippen LogP contribution in [-0.4, -0.2) is 18.0 Å². The fourth-order valence-corrected chi connectivity index (χ4v) is 3.06. The summed E-state index contributed by atoms with van der Waals surface area (Å²) in [7, 11) is 0. The van der Waals surface area contributed by atoms with Crippen LogP contribution in [-0.2, 0) is 11.2 Å². The fraction of sp³-hybridized carbons (Fsp3) is 0.500. The molecule has 0 aliphatic heterocycles. The molecule has 0 heterocycles. The molecular formula is C14H18Cl2N2O. The van der Waals surface area contributed by atoms with Crippen LogP contribution in [0, 0.1) is 0 Å². The van der Waals surface area contributed by atoms with Crippen molar-refractivity contribution in [3.05, 3.63) is 33.8 Å². The number of benzene rings is 1. The van der Waals surface area contributed by atoms with E-state index in [0.29, 0.717) is 23.0 Å².